The Balaban J connectivity index is 2.49. The van der Waals surface area contributed by atoms with E-state index in [1.165, 1.54) is 30.6 Å². The van der Waals surface area contributed by atoms with Crippen LogP contribution in [0.15, 0.2) is 29.2 Å². The van der Waals surface area contributed by atoms with Crippen LogP contribution in [0.5, 0.6) is 0 Å². The van der Waals surface area contributed by atoms with Crippen LogP contribution in [0, 0.1) is 11.3 Å². The van der Waals surface area contributed by atoms with Gasteiger partial charge in [-0.1, -0.05) is 12.1 Å². The van der Waals surface area contributed by atoms with E-state index in [2.05, 4.69) is 10.1 Å². The monoisotopic (exact) mass is 310 g/mol. The lowest BCUT2D eigenvalue weighted by molar-refractivity contribution is -0.137. The highest BCUT2D eigenvalue weighted by Crippen LogP contribution is 2.26. The summed E-state index contributed by atoms with van der Waals surface area (Å²) in [5.74, 6) is 0.0992. The molecular weight excluding hydrogens is 296 g/mol. The van der Waals surface area contributed by atoms with E-state index in [9.17, 15) is 9.59 Å². The molecule has 7 heteroatoms. The molecule has 0 radical (unpaired) electrons. The number of hydrogen-bond donors (Lipinski definition) is 1. The molecule has 0 unspecified atom stereocenters. The largest absolute Gasteiger partial charge is 0.468 e. The number of anilines is 1. The molecule has 0 heterocycles. The summed E-state index contributed by atoms with van der Waals surface area (Å²) in [5, 5.41) is 11.4. The lowest BCUT2D eigenvalue weighted by atomic mass is 10.3. The fraction of sp³-hybridized carbons (Fsp3) is 0.308. The molecule has 0 saturated heterocycles. The Morgan fingerprint density at radius 1 is 1.35 bits per heavy atom. The molecule has 0 bridgehead atoms. The lowest BCUT2D eigenvalue weighted by Crippen LogP contribution is -2.16. The molecule has 106 valence electrons. The highest BCUT2D eigenvalue weighted by atomic mass is 32.2. The average Bonchev–Trinajstić information content (AvgIpc) is 2.46. The Hall–Kier alpha value is -1.65. The van der Waals surface area contributed by atoms with Crippen LogP contribution < -0.4 is 5.32 Å². The number of hydrogen-bond acceptors (Lipinski definition) is 6. The van der Waals surface area contributed by atoms with Gasteiger partial charge in [-0.15, -0.1) is 23.5 Å². The van der Waals surface area contributed by atoms with Gasteiger partial charge in [-0.05, 0) is 12.1 Å². The second kappa shape index (κ2) is 9.28. The minimum Gasteiger partial charge on any atom is -0.468 e. The second-order valence-electron chi connectivity index (χ2n) is 3.56. The van der Waals surface area contributed by atoms with E-state index in [1.807, 2.05) is 24.3 Å². The number of benzene rings is 1. The Kier molecular flexibility index (Phi) is 7.62. The van der Waals surface area contributed by atoms with Gasteiger partial charge in [-0.25, -0.2) is 0 Å². The predicted octanol–water partition coefficient (Wildman–Crippen LogP) is 2.15. The Morgan fingerprint density at radius 2 is 2.10 bits per heavy atom. The van der Waals surface area contributed by atoms with Crippen molar-refractivity contribution < 1.29 is 14.3 Å². The fourth-order valence-corrected chi connectivity index (χ4v) is 2.59. The zero-order valence-electron chi connectivity index (χ0n) is 10.9. The molecular formula is C13H14N2O3S2. The molecule has 0 spiro atoms. The zero-order valence-corrected chi connectivity index (χ0v) is 12.6. The number of rotatable bonds is 7. The van der Waals surface area contributed by atoms with Crippen molar-refractivity contribution >= 4 is 41.1 Å². The summed E-state index contributed by atoms with van der Waals surface area (Å²) in [4.78, 5) is 23.5. The third kappa shape index (κ3) is 5.99. The molecule has 1 aromatic rings. The summed E-state index contributed by atoms with van der Waals surface area (Å²) in [7, 11) is 1.31. The van der Waals surface area contributed by atoms with E-state index in [1.54, 1.807) is 6.07 Å². The lowest BCUT2D eigenvalue weighted by Gasteiger charge is -2.09. The normalized spacial score (nSPS) is 9.60. The summed E-state index contributed by atoms with van der Waals surface area (Å²) in [6.07, 6.45) is 0. The van der Waals surface area contributed by atoms with Gasteiger partial charge in [0.05, 0.1) is 36.1 Å². The molecule has 0 aliphatic carbocycles. The van der Waals surface area contributed by atoms with Gasteiger partial charge < -0.3 is 10.1 Å². The van der Waals surface area contributed by atoms with Crippen molar-refractivity contribution in [1.29, 1.82) is 5.26 Å². The van der Waals surface area contributed by atoms with E-state index in [4.69, 9.17) is 5.26 Å². The van der Waals surface area contributed by atoms with Crippen molar-refractivity contribution in [2.75, 3.05) is 29.7 Å². The Labute approximate surface area is 126 Å². The first kappa shape index (κ1) is 16.4. The van der Waals surface area contributed by atoms with Crippen molar-refractivity contribution in [1.82, 2.24) is 0 Å². The molecule has 0 saturated carbocycles. The van der Waals surface area contributed by atoms with Crippen molar-refractivity contribution in [2.45, 2.75) is 4.90 Å². The number of carbonyl (C=O) groups is 2. The van der Waals surface area contributed by atoms with Crippen LogP contribution in [0.4, 0.5) is 5.69 Å². The zero-order chi connectivity index (χ0) is 14.8. The van der Waals surface area contributed by atoms with Crippen molar-refractivity contribution in [2.24, 2.45) is 0 Å². The number of esters is 1. The first-order chi connectivity index (χ1) is 9.67. The van der Waals surface area contributed by atoms with Gasteiger partial charge in [0.25, 0.3) is 0 Å². The highest BCUT2D eigenvalue weighted by molar-refractivity contribution is 8.00. The predicted molar refractivity (Wildman–Crippen MR) is 80.7 cm³/mol. The van der Waals surface area contributed by atoms with Crippen molar-refractivity contribution in [3.05, 3.63) is 24.3 Å². The Bertz CT molecular complexity index is 515. The number of thioether (sulfide) groups is 2. The van der Waals surface area contributed by atoms with Crippen LogP contribution >= 0.6 is 23.5 Å². The maximum Gasteiger partial charge on any atom is 0.315 e. The summed E-state index contributed by atoms with van der Waals surface area (Å²) < 4.78 is 4.49. The number of nitriles is 1. The van der Waals surface area contributed by atoms with Gasteiger partial charge in [0.1, 0.15) is 0 Å². The molecule has 1 aromatic carbocycles. The second-order valence-corrected chi connectivity index (χ2v) is 5.56. The highest BCUT2D eigenvalue weighted by Gasteiger charge is 2.08. The fourth-order valence-electron chi connectivity index (χ4n) is 1.28. The third-order valence-corrected chi connectivity index (χ3v) is 3.98. The molecule has 0 fully saturated rings. The van der Waals surface area contributed by atoms with Crippen LogP contribution in [-0.2, 0) is 14.3 Å². The average molecular weight is 310 g/mol. The first-order valence-electron chi connectivity index (χ1n) is 5.70. The van der Waals surface area contributed by atoms with Gasteiger partial charge in [0, 0.05) is 4.90 Å². The van der Waals surface area contributed by atoms with Gasteiger partial charge in [-0.3, -0.25) is 9.59 Å². The number of carbonyl (C=O) groups excluding carboxylic acids is 2. The molecule has 1 amide bonds. The summed E-state index contributed by atoms with van der Waals surface area (Å²) in [6, 6.07) is 9.33. The van der Waals surface area contributed by atoms with Crippen LogP contribution in [0.2, 0.25) is 0 Å². The van der Waals surface area contributed by atoms with Crippen LogP contribution in [0.3, 0.4) is 0 Å². The van der Waals surface area contributed by atoms with Crippen molar-refractivity contribution in [3.8, 4) is 6.07 Å². The topological polar surface area (TPSA) is 79.2 Å². The molecule has 0 aromatic heterocycles. The van der Waals surface area contributed by atoms with Gasteiger partial charge in [0.2, 0.25) is 5.91 Å². The standard InChI is InChI=1S/C13H14N2O3S2/c1-18-13(17)9-19-8-12(16)15-10-4-2-3-5-11(10)20-7-6-14/h2-5H,7-9H2,1H3,(H,15,16). The summed E-state index contributed by atoms with van der Waals surface area (Å²) in [5.41, 5.74) is 0.677. The van der Waals surface area contributed by atoms with Gasteiger partial charge in [-0.2, -0.15) is 5.26 Å². The number of ether oxygens (including phenoxy) is 1. The smallest absolute Gasteiger partial charge is 0.315 e. The van der Waals surface area contributed by atoms with E-state index in [0.717, 1.165) is 4.90 Å². The molecule has 1 rings (SSSR count). The molecule has 0 aliphatic rings. The Morgan fingerprint density at radius 3 is 2.80 bits per heavy atom. The van der Waals surface area contributed by atoms with E-state index in [-0.39, 0.29) is 23.4 Å². The summed E-state index contributed by atoms with van der Waals surface area (Å²) in [6.45, 7) is 0. The van der Waals surface area contributed by atoms with E-state index >= 15 is 0 Å². The number of nitrogens with zero attached hydrogens (tertiary/aromatic N) is 1. The molecule has 5 nitrogen and oxygen atoms in total. The maximum atomic E-state index is 11.7. The van der Waals surface area contributed by atoms with Crippen LogP contribution in [0.25, 0.3) is 0 Å². The van der Waals surface area contributed by atoms with E-state index in [0.29, 0.717) is 11.4 Å². The molecule has 1 N–H and O–H groups in total. The van der Waals surface area contributed by atoms with E-state index < -0.39 is 0 Å². The molecule has 0 aliphatic heterocycles. The number of amides is 1. The first-order valence-corrected chi connectivity index (χ1v) is 7.84. The molecule has 0 atom stereocenters. The SMILES string of the molecule is COC(=O)CSCC(=O)Nc1ccccc1SCC#N. The summed E-state index contributed by atoms with van der Waals surface area (Å²) >= 11 is 2.56. The van der Waals surface area contributed by atoms with Crippen molar-refractivity contribution in [3.63, 3.8) is 0 Å². The minimum atomic E-state index is -0.354. The minimum absolute atomic E-state index is 0.148. The third-order valence-electron chi connectivity index (χ3n) is 2.13. The number of nitrogens with one attached hydrogen (secondary N) is 1. The maximum absolute atomic E-state index is 11.7. The number of methoxy groups -OCH3 is 1. The quantitative estimate of drug-likeness (QED) is 0.614. The molecule has 20 heavy (non-hydrogen) atoms. The van der Waals surface area contributed by atoms with Crippen LogP contribution in [-0.4, -0.2) is 36.2 Å². The number of para-hydroxylation sites is 1. The van der Waals surface area contributed by atoms with Crippen LogP contribution in [0.1, 0.15) is 0 Å². The van der Waals surface area contributed by atoms with Gasteiger partial charge >= 0.3 is 5.97 Å². The van der Waals surface area contributed by atoms with Gasteiger partial charge in [0.15, 0.2) is 0 Å².